The molecule has 0 nitrogen and oxygen atoms in total. The van der Waals surface area contributed by atoms with E-state index >= 15 is 0 Å². The zero-order valence-electron chi connectivity index (χ0n) is 11.7. The van der Waals surface area contributed by atoms with Gasteiger partial charge in [0.25, 0.3) is 0 Å². The number of alkyl halides is 1. The molecule has 102 valence electrons. The molecule has 1 unspecified atom stereocenters. The second kappa shape index (κ2) is 7.55. The smallest absolute Gasteiger partial charge is 0.0438 e. The van der Waals surface area contributed by atoms with Gasteiger partial charge in [-0.1, -0.05) is 72.9 Å². The third-order valence-electron chi connectivity index (χ3n) is 3.22. The molecule has 0 aromatic heterocycles. The van der Waals surface area contributed by atoms with E-state index in [4.69, 9.17) is 11.6 Å². The van der Waals surface area contributed by atoms with Gasteiger partial charge in [0.05, 0.1) is 0 Å². The quantitative estimate of drug-likeness (QED) is 0.552. The van der Waals surface area contributed by atoms with Gasteiger partial charge in [-0.25, -0.2) is 0 Å². The maximum atomic E-state index is 6.22. The van der Waals surface area contributed by atoms with E-state index < -0.39 is 0 Å². The summed E-state index contributed by atoms with van der Waals surface area (Å²) in [6.07, 6.45) is 4.94. The number of halogens is 2. The van der Waals surface area contributed by atoms with Gasteiger partial charge < -0.3 is 0 Å². The van der Waals surface area contributed by atoms with Crippen LogP contribution in [0.25, 0.3) is 0 Å². The molecule has 0 N–H and O–H groups in total. The fraction of sp³-hybridized carbons (Fsp3) is 0.625. The van der Waals surface area contributed by atoms with E-state index in [2.05, 4.69) is 48.8 Å². The molecule has 18 heavy (non-hydrogen) atoms. The molecular formula is C16H24BrCl. The first-order chi connectivity index (χ1) is 8.42. The van der Waals surface area contributed by atoms with E-state index in [1.165, 1.54) is 24.8 Å². The van der Waals surface area contributed by atoms with Crippen molar-refractivity contribution < 1.29 is 0 Å². The van der Waals surface area contributed by atoms with E-state index in [1.54, 1.807) is 0 Å². The molecule has 0 bridgehead atoms. The Hall–Kier alpha value is -0.0100. The van der Waals surface area contributed by atoms with Gasteiger partial charge in [0.2, 0.25) is 0 Å². The molecule has 0 fully saturated rings. The molecular weight excluding hydrogens is 308 g/mol. The standard InChI is InChI=1S/C16H24BrCl/c1-16(2,3)10-6-7-13(12-17)11-14-8-4-5-9-15(14)18/h4-5,8-9,13H,6-7,10-12H2,1-3H3. The molecule has 0 heterocycles. The van der Waals surface area contributed by atoms with Gasteiger partial charge in [-0.15, -0.1) is 0 Å². The molecule has 0 aliphatic rings. The van der Waals surface area contributed by atoms with Crippen LogP contribution in [-0.4, -0.2) is 5.33 Å². The largest absolute Gasteiger partial charge is 0.0925 e. The minimum Gasteiger partial charge on any atom is -0.0925 e. The minimum absolute atomic E-state index is 0.446. The summed E-state index contributed by atoms with van der Waals surface area (Å²) in [7, 11) is 0. The highest BCUT2D eigenvalue weighted by Crippen LogP contribution is 2.26. The van der Waals surface area contributed by atoms with Crippen molar-refractivity contribution in [1.29, 1.82) is 0 Å². The Morgan fingerprint density at radius 3 is 2.44 bits per heavy atom. The zero-order chi connectivity index (χ0) is 13.6. The molecule has 0 spiro atoms. The van der Waals surface area contributed by atoms with Crippen molar-refractivity contribution >= 4 is 27.5 Å². The van der Waals surface area contributed by atoms with Gasteiger partial charge in [-0.2, -0.15) is 0 Å². The predicted molar refractivity (Wildman–Crippen MR) is 85.7 cm³/mol. The second-order valence-corrected chi connectivity index (χ2v) is 7.32. The minimum atomic E-state index is 0.446. The van der Waals surface area contributed by atoms with Crippen LogP contribution in [0.1, 0.15) is 45.6 Å². The molecule has 0 radical (unpaired) electrons. The van der Waals surface area contributed by atoms with Crippen LogP contribution < -0.4 is 0 Å². The van der Waals surface area contributed by atoms with Crippen molar-refractivity contribution in [3.8, 4) is 0 Å². The topological polar surface area (TPSA) is 0 Å². The molecule has 0 saturated carbocycles. The Bertz CT molecular complexity index is 354. The van der Waals surface area contributed by atoms with Crippen molar-refractivity contribution in [3.05, 3.63) is 34.9 Å². The number of hydrogen-bond donors (Lipinski definition) is 0. The Morgan fingerprint density at radius 2 is 1.89 bits per heavy atom. The lowest BCUT2D eigenvalue weighted by Crippen LogP contribution is -2.10. The summed E-state index contributed by atoms with van der Waals surface area (Å²) >= 11 is 9.85. The van der Waals surface area contributed by atoms with E-state index in [0.717, 1.165) is 16.8 Å². The van der Waals surface area contributed by atoms with Crippen LogP contribution in [0.3, 0.4) is 0 Å². The van der Waals surface area contributed by atoms with Crippen LogP contribution in [0.15, 0.2) is 24.3 Å². The Labute approximate surface area is 125 Å². The first-order valence-electron chi connectivity index (χ1n) is 6.72. The first kappa shape index (κ1) is 16.0. The van der Waals surface area contributed by atoms with Crippen LogP contribution >= 0.6 is 27.5 Å². The zero-order valence-corrected chi connectivity index (χ0v) is 14.0. The predicted octanol–water partition coefficient (Wildman–Crippen LogP) is 6.11. The second-order valence-electron chi connectivity index (χ2n) is 6.27. The van der Waals surface area contributed by atoms with Crippen molar-refractivity contribution in [2.75, 3.05) is 5.33 Å². The summed E-state index contributed by atoms with van der Waals surface area (Å²) in [6.45, 7) is 6.93. The van der Waals surface area contributed by atoms with Gasteiger partial charge in [0, 0.05) is 10.4 Å². The first-order valence-corrected chi connectivity index (χ1v) is 8.21. The Balaban J connectivity index is 2.45. The fourth-order valence-electron chi connectivity index (χ4n) is 2.13. The average Bonchev–Trinajstić information content (AvgIpc) is 2.29. The van der Waals surface area contributed by atoms with Crippen molar-refractivity contribution in [2.24, 2.45) is 11.3 Å². The van der Waals surface area contributed by atoms with Crippen molar-refractivity contribution in [2.45, 2.75) is 46.5 Å². The molecule has 1 rings (SSSR count). The highest BCUT2D eigenvalue weighted by atomic mass is 79.9. The fourth-order valence-corrected chi connectivity index (χ4v) is 2.90. The Kier molecular flexibility index (Phi) is 6.73. The Morgan fingerprint density at radius 1 is 1.22 bits per heavy atom. The van der Waals surface area contributed by atoms with E-state index in [1.807, 2.05) is 12.1 Å². The molecule has 0 amide bonds. The van der Waals surface area contributed by atoms with Crippen LogP contribution in [0.4, 0.5) is 0 Å². The summed E-state index contributed by atoms with van der Waals surface area (Å²) in [6, 6.07) is 8.19. The summed E-state index contributed by atoms with van der Waals surface area (Å²) in [5.41, 5.74) is 1.72. The molecule has 1 atom stereocenters. The summed E-state index contributed by atoms with van der Waals surface area (Å²) in [4.78, 5) is 0. The van der Waals surface area contributed by atoms with E-state index in [9.17, 15) is 0 Å². The number of rotatable bonds is 6. The SMILES string of the molecule is CC(C)(C)CCCC(CBr)Cc1ccccc1Cl. The maximum Gasteiger partial charge on any atom is 0.0438 e. The van der Waals surface area contributed by atoms with Crippen LogP contribution in [0.5, 0.6) is 0 Å². The average molecular weight is 332 g/mol. The lowest BCUT2D eigenvalue weighted by Gasteiger charge is -2.20. The molecule has 0 aliphatic heterocycles. The lowest BCUT2D eigenvalue weighted by atomic mass is 9.87. The third-order valence-corrected chi connectivity index (χ3v) is 4.51. The number of hydrogen-bond acceptors (Lipinski definition) is 0. The van der Waals surface area contributed by atoms with E-state index in [-0.39, 0.29) is 0 Å². The lowest BCUT2D eigenvalue weighted by molar-refractivity contribution is 0.344. The summed E-state index contributed by atoms with van der Waals surface area (Å²) < 4.78 is 0. The van der Waals surface area contributed by atoms with E-state index in [0.29, 0.717) is 11.3 Å². The monoisotopic (exact) mass is 330 g/mol. The highest BCUT2D eigenvalue weighted by Gasteiger charge is 2.14. The molecule has 0 aliphatic carbocycles. The summed E-state index contributed by atoms with van der Waals surface area (Å²) in [5.74, 6) is 0.687. The van der Waals surface area contributed by atoms with Crippen molar-refractivity contribution in [3.63, 3.8) is 0 Å². The van der Waals surface area contributed by atoms with Gasteiger partial charge in [-0.05, 0) is 42.2 Å². The normalized spacial score (nSPS) is 13.6. The van der Waals surface area contributed by atoms with Gasteiger partial charge in [0.15, 0.2) is 0 Å². The molecule has 0 saturated heterocycles. The van der Waals surface area contributed by atoms with Crippen LogP contribution in [0.2, 0.25) is 5.02 Å². The summed E-state index contributed by atoms with van der Waals surface area (Å²) in [5, 5.41) is 1.96. The number of benzene rings is 1. The third kappa shape index (κ3) is 6.24. The highest BCUT2D eigenvalue weighted by molar-refractivity contribution is 9.09. The maximum absolute atomic E-state index is 6.22. The van der Waals surface area contributed by atoms with Crippen molar-refractivity contribution in [1.82, 2.24) is 0 Å². The molecule has 1 aromatic rings. The van der Waals surface area contributed by atoms with Crippen LogP contribution in [-0.2, 0) is 6.42 Å². The molecule has 2 heteroatoms. The van der Waals surface area contributed by atoms with Gasteiger partial charge in [0.1, 0.15) is 0 Å². The van der Waals surface area contributed by atoms with Gasteiger partial charge >= 0.3 is 0 Å². The van der Waals surface area contributed by atoms with Gasteiger partial charge in [-0.3, -0.25) is 0 Å². The molecule has 1 aromatic carbocycles. The van der Waals surface area contributed by atoms with Crippen LogP contribution in [0, 0.1) is 11.3 Å².